The Balaban J connectivity index is 1.78. The van der Waals surface area contributed by atoms with Crippen LogP contribution >= 0.6 is 0 Å². The molecule has 2 aliphatic heterocycles. The van der Waals surface area contributed by atoms with Crippen LogP contribution in [0.25, 0.3) is 0 Å². The Morgan fingerprint density at radius 1 is 1.20 bits per heavy atom. The number of aliphatic hydroxyl groups excluding tert-OH is 1. The quantitative estimate of drug-likeness (QED) is 0.807. The van der Waals surface area contributed by atoms with E-state index in [0.717, 1.165) is 31.6 Å². The summed E-state index contributed by atoms with van der Waals surface area (Å²) in [6.07, 6.45) is 2.97. The van der Waals surface area contributed by atoms with E-state index in [9.17, 15) is 9.90 Å². The third-order valence-corrected chi connectivity index (χ3v) is 5.22. The van der Waals surface area contributed by atoms with E-state index in [-0.39, 0.29) is 23.5 Å². The van der Waals surface area contributed by atoms with Crippen LogP contribution in [0.4, 0.5) is 5.69 Å². The third kappa shape index (κ3) is 1.52. The van der Waals surface area contributed by atoms with E-state index >= 15 is 0 Å². The zero-order chi connectivity index (χ0) is 13.7. The maximum atomic E-state index is 13.1. The molecule has 4 rings (SSSR count). The number of anilines is 1. The van der Waals surface area contributed by atoms with E-state index in [0.29, 0.717) is 12.8 Å². The fourth-order valence-electron chi connectivity index (χ4n) is 4.01. The minimum Gasteiger partial charge on any atom is -0.393 e. The van der Waals surface area contributed by atoms with E-state index in [4.69, 9.17) is 0 Å². The van der Waals surface area contributed by atoms with Gasteiger partial charge < -0.3 is 15.3 Å². The standard InChI is InChI=1S/C16H20N2O2/c19-12-9-11(10-12)18-14-4-2-1-3-13(14)16(15(18)20)5-7-17-8-6-16/h1-4,11-12,17,19H,5-10H2. The summed E-state index contributed by atoms with van der Waals surface area (Å²) in [6.45, 7) is 1.81. The van der Waals surface area contributed by atoms with Gasteiger partial charge in [-0.2, -0.15) is 0 Å². The van der Waals surface area contributed by atoms with Crippen molar-refractivity contribution >= 4 is 11.6 Å². The monoisotopic (exact) mass is 272 g/mol. The number of carbonyl (C=O) groups is 1. The number of hydrogen-bond donors (Lipinski definition) is 2. The van der Waals surface area contributed by atoms with Gasteiger partial charge in [0.25, 0.3) is 0 Å². The molecule has 1 amide bonds. The molecule has 0 atom stereocenters. The van der Waals surface area contributed by atoms with Crippen LogP contribution in [-0.4, -0.2) is 36.2 Å². The second kappa shape index (κ2) is 4.30. The number of rotatable bonds is 1. The first kappa shape index (κ1) is 12.4. The molecule has 2 heterocycles. The van der Waals surface area contributed by atoms with E-state index in [1.807, 2.05) is 17.0 Å². The Kier molecular flexibility index (Phi) is 2.66. The zero-order valence-electron chi connectivity index (χ0n) is 11.5. The summed E-state index contributed by atoms with van der Waals surface area (Å²) in [5, 5.41) is 12.9. The van der Waals surface area contributed by atoms with Crippen molar-refractivity contribution < 1.29 is 9.90 Å². The third-order valence-electron chi connectivity index (χ3n) is 5.22. The molecule has 0 aromatic heterocycles. The second-order valence-electron chi connectivity index (χ2n) is 6.30. The molecule has 20 heavy (non-hydrogen) atoms. The van der Waals surface area contributed by atoms with Crippen LogP contribution in [0.2, 0.25) is 0 Å². The van der Waals surface area contributed by atoms with Crippen molar-refractivity contribution in [1.82, 2.24) is 5.32 Å². The van der Waals surface area contributed by atoms with Crippen molar-refractivity contribution in [2.24, 2.45) is 0 Å². The Labute approximate surface area is 118 Å². The number of piperidine rings is 1. The van der Waals surface area contributed by atoms with Gasteiger partial charge in [0, 0.05) is 11.7 Å². The highest BCUT2D eigenvalue weighted by Crippen LogP contribution is 2.49. The number of nitrogens with one attached hydrogen (secondary N) is 1. The lowest BCUT2D eigenvalue weighted by Crippen LogP contribution is -2.54. The Morgan fingerprint density at radius 2 is 1.90 bits per heavy atom. The normalized spacial score (nSPS) is 31.2. The van der Waals surface area contributed by atoms with Crippen molar-refractivity contribution in [2.45, 2.75) is 43.2 Å². The molecule has 3 aliphatic rings. The van der Waals surface area contributed by atoms with Gasteiger partial charge in [-0.05, 0) is 50.4 Å². The van der Waals surface area contributed by atoms with Crippen molar-refractivity contribution in [3.63, 3.8) is 0 Å². The van der Waals surface area contributed by atoms with Crippen molar-refractivity contribution in [3.05, 3.63) is 29.8 Å². The van der Waals surface area contributed by atoms with Gasteiger partial charge in [0.2, 0.25) is 5.91 Å². The minimum absolute atomic E-state index is 0.188. The Morgan fingerprint density at radius 3 is 2.60 bits per heavy atom. The molecule has 0 bridgehead atoms. The van der Waals surface area contributed by atoms with Crippen LogP contribution in [-0.2, 0) is 10.2 Å². The number of para-hydroxylation sites is 1. The summed E-state index contributed by atoms with van der Waals surface area (Å²) in [4.78, 5) is 15.1. The van der Waals surface area contributed by atoms with Gasteiger partial charge in [0.1, 0.15) is 0 Å². The molecule has 106 valence electrons. The van der Waals surface area contributed by atoms with Crippen LogP contribution in [0.3, 0.4) is 0 Å². The lowest BCUT2D eigenvalue weighted by molar-refractivity contribution is -0.125. The molecule has 1 aromatic rings. The van der Waals surface area contributed by atoms with Gasteiger partial charge in [-0.15, -0.1) is 0 Å². The van der Waals surface area contributed by atoms with Crippen molar-refractivity contribution in [2.75, 3.05) is 18.0 Å². The minimum atomic E-state index is -0.317. The summed E-state index contributed by atoms with van der Waals surface area (Å²) < 4.78 is 0. The molecule has 1 aliphatic carbocycles. The zero-order valence-corrected chi connectivity index (χ0v) is 11.5. The summed E-state index contributed by atoms with van der Waals surface area (Å²) in [5.41, 5.74) is 1.96. The van der Waals surface area contributed by atoms with Gasteiger partial charge in [0.05, 0.1) is 11.5 Å². The van der Waals surface area contributed by atoms with Gasteiger partial charge in [-0.25, -0.2) is 0 Å². The average Bonchev–Trinajstić information content (AvgIpc) is 2.67. The highest BCUT2D eigenvalue weighted by atomic mass is 16.3. The molecule has 4 heteroatoms. The fourth-order valence-corrected chi connectivity index (χ4v) is 4.01. The molecule has 1 saturated carbocycles. The first-order chi connectivity index (χ1) is 9.72. The molecular formula is C16H20N2O2. The van der Waals surface area contributed by atoms with Crippen LogP contribution in [0.5, 0.6) is 0 Å². The summed E-state index contributed by atoms with van der Waals surface area (Å²) in [6, 6.07) is 8.42. The highest BCUT2D eigenvalue weighted by Gasteiger charge is 2.53. The summed E-state index contributed by atoms with van der Waals surface area (Å²) in [7, 11) is 0. The molecule has 4 nitrogen and oxygen atoms in total. The summed E-state index contributed by atoms with van der Waals surface area (Å²) in [5.74, 6) is 0.261. The average molecular weight is 272 g/mol. The fraction of sp³-hybridized carbons (Fsp3) is 0.562. The van der Waals surface area contributed by atoms with E-state index < -0.39 is 0 Å². The molecule has 0 radical (unpaired) electrons. The summed E-state index contributed by atoms with van der Waals surface area (Å²) >= 11 is 0. The van der Waals surface area contributed by atoms with Crippen molar-refractivity contribution in [1.29, 1.82) is 0 Å². The van der Waals surface area contributed by atoms with Crippen LogP contribution < -0.4 is 10.2 Å². The largest absolute Gasteiger partial charge is 0.393 e. The number of nitrogens with zero attached hydrogens (tertiary/aromatic N) is 1. The predicted molar refractivity (Wildman–Crippen MR) is 76.7 cm³/mol. The number of carbonyl (C=O) groups excluding carboxylic acids is 1. The molecule has 2 fully saturated rings. The number of amides is 1. The number of benzene rings is 1. The first-order valence-corrected chi connectivity index (χ1v) is 7.54. The molecule has 0 unspecified atom stereocenters. The molecule has 1 aromatic carbocycles. The SMILES string of the molecule is O=C1N(C2CC(O)C2)c2ccccc2C12CCNCC2. The lowest BCUT2D eigenvalue weighted by Gasteiger charge is -2.40. The smallest absolute Gasteiger partial charge is 0.238 e. The van der Waals surface area contributed by atoms with Gasteiger partial charge in [-0.1, -0.05) is 18.2 Å². The molecule has 1 saturated heterocycles. The second-order valence-corrected chi connectivity index (χ2v) is 6.30. The van der Waals surface area contributed by atoms with E-state index in [2.05, 4.69) is 17.4 Å². The van der Waals surface area contributed by atoms with Gasteiger partial charge >= 0.3 is 0 Å². The van der Waals surface area contributed by atoms with Gasteiger partial charge in [-0.3, -0.25) is 4.79 Å². The lowest BCUT2D eigenvalue weighted by atomic mass is 9.74. The Bertz CT molecular complexity index is 545. The van der Waals surface area contributed by atoms with E-state index in [1.54, 1.807) is 0 Å². The molecule has 1 spiro atoms. The molecular weight excluding hydrogens is 252 g/mol. The Hall–Kier alpha value is -1.39. The van der Waals surface area contributed by atoms with Crippen LogP contribution in [0, 0.1) is 0 Å². The highest BCUT2D eigenvalue weighted by molar-refractivity contribution is 6.08. The maximum absolute atomic E-state index is 13.1. The van der Waals surface area contributed by atoms with E-state index in [1.165, 1.54) is 5.56 Å². The topological polar surface area (TPSA) is 52.6 Å². The van der Waals surface area contributed by atoms with Crippen molar-refractivity contribution in [3.8, 4) is 0 Å². The first-order valence-electron chi connectivity index (χ1n) is 7.54. The maximum Gasteiger partial charge on any atom is 0.238 e. The number of hydrogen-bond acceptors (Lipinski definition) is 3. The molecule has 2 N–H and O–H groups in total. The number of fused-ring (bicyclic) bond motifs is 2. The van der Waals surface area contributed by atoms with Crippen LogP contribution in [0.1, 0.15) is 31.2 Å². The predicted octanol–water partition coefficient (Wildman–Crippen LogP) is 1.18. The van der Waals surface area contributed by atoms with Crippen LogP contribution in [0.15, 0.2) is 24.3 Å². The van der Waals surface area contributed by atoms with Gasteiger partial charge in [0.15, 0.2) is 0 Å². The number of aliphatic hydroxyl groups is 1.